The van der Waals surface area contributed by atoms with Crippen molar-refractivity contribution in [2.24, 2.45) is 0 Å². The van der Waals surface area contributed by atoms with Crippen LogP contribution in [0, 0.1) is 10.7 Å². The first kappa shape index (κ1) is 18.9. The number of nitrogen functional groups attached to an aromatic ring is 1. The lowest BCUT2D eigenvalue weighted by Crippen LogP contribution is -2.30. The van der Waals surface area contributed by atoms with Crippen LogP contribution in [0.25, 0.3) is 0 Å². The van der Waals surface area contributed by atoms with Gasteiger partial charge in [0.15, 0.2) is 6.29 Å². The molecule has 1 aromatic carbocycles. The highest BCUT2D eigenvalue weighted by Gasteiger charge is 2.22. The number of amides is 1. The summed E-state index contributed by atoms with van der Waals surface area (Å²) >= 11 is 5.92. The fourth-order valence-electron chi connectivity index (χ4n) is 1.45. The predicted molar refractivity (Wildman–Crippen MR) is 103 cm³/mol. The minimum absolute atomic E-state index is 0.0919. The van der Waals surface area contributed by atoms with Crippen molar-refractivity contribution >= 4 is 91.6 Å². The van der Waals surface area contributed by atoms with Gasteiger partial charge in [-0.25, -0.2) is 0 Å². The van der Waals surface area contributed by atoms with Gasteiger partial charge < -0.3 is 15.8 Å². The van der Waals surface area contributed by atoms with E-state index in [9.17, 15) is 14.4 Å². The molecule has 21 heavy (non-hydrogen) atoms. The van der Waals surface area contributed by atoms with E-state index >= 15 is 0 Å². The molecule has 0 aliphatic carbocycles. The minimum atomic E-state index is -0.407. The van der Waals surface area contributed by atoms with E-state index in [2.05, 4.69) is 5.32 Å². The molecule has 114 valence electrons. The van der Waals surface area contributed by atoms with Gasteiger partial charge in [-0.05, 0) is 67.8 Å². The van der Waals surface area contributed by atoms with Crippen molar-refractivity contribution in [3.05, 3.63) is 21.8 Å². The molecule has 9 heteroatoms. The highest BCUT2D eigenvalue weighted by Crippen LogP contribution is 2.32. The Bertz CT molecular complexity index is 605. The van der Waals surface area contributed by atoms with E-state index < -0.39 is 5.97 Å². The molecule has 0 aromatic heterocycles. The van der Waals surface area contributed by atoms with Crippen molar-refractivity contribution in [3.63, 3.8) is 0 Å². The van der Waals surface area contributed by atoms with E-state index in [1.807, 2.05) is 67.8 Å². The number of carbonyl (C=O) groups is 3. The molecule has 0 heterocycles. The first-order valence-corrected chi connectivity index (χ1v) is 8.87. The SMILES string of the molecule is CC(=O)OCCNC(=O)c1c(I)c(N)c(I)c(C=O)c1I. The molecule has 1 rings (SSSR count). The Labute approximate surface area is 162 Å². The smallest absolute Gasteiger partial charge is 0.302 e. The second-order valence-electron chi connectivity index (χ2n) is 3.86. The average molecular weight is 628 g/mol. The third-order valence-corrected chi connectivity index (χ3v) is 5.83. The lowest BCUT2D eigenvalue weighted by Gasteiger charge is -2.14. The van der Waals surface area contributed by atoms with Crippen molar-refractivity contribution in [1.82, 2.24) is 5.32 Å². The summed E-state index contributed by atoms with van der Waals surface area (Å²) in [6, 6.07) is 0. The first-order valence-electron chi connectivity index (χ1n) is 5.63. The van der Waals surface area contributed by atoms with Gasteiger partial charge in [-0.1, -0.05) is 0 Å². The van der Waals surface area contributed by atoms with Crippen LogP contribution >= 0.6 is 67.8 Å². The summed E-state index contributed by atoms with van der Waals surface area (Å²) in [4.78, 5) is 34.0. The molecule has 0 aliphatic rings. The molecule has 6 nitrogen and oxygen atoms in total. The zero-order chi connectivity index (χ0) is 16.2. The van der Waals surface area contributed by atoms with Crippen LogP contribution < -0.4 is 11.1 Å². The van der Waals surface area contributed by atoms with Crippen LogP contribution in [0.4, 0.5) is 5.69 Å². The second kappa shape index (κ2) is 8.45. The molecule has 0 spiro atoms. The molecular weight excluding hydrogens is 617 g/mol. The van der Waals surface area contributed by atoms with E-state index in [0.29, 0.717) is 33.8 Å². The van der Waals surface area contributed by atoms with Crippen molar-refractivity contribution < 1.29 is 19.1 Å². The van der Waals surface area contributed by atoms with Gasteiger partial charge in [-0.3, -0.25) is 14.4 Å². The average Bonchev–Trinajstić information content (AvgIpc) is 2.42. The summed E-state index contributed by atoms with van der Waals surface area (Å²) in [6.07, 6.45) is 0.686. The van der Waals surface area contributed by atoms with Crippen LogP contribution in [-0.4, -0.2) is 31.3 Å². The molecule has 0 saturated heterocycles. The molecular formula is C12H11I3N2O4. The summed E-state index contributed by atoms with van der Waals surface area (Å²) < 4.78 is 6.52. The maximum Gasteiger partial charge on any atom is 0.302 e. The molecule has 3 N–H and O–H groups in total. The van der Waals surface area contributed by atoms with Crippen LogP contribution in [0.1, 0.15) is 27.6 Å². The maximum absolute atomic E-state index is 12.2. The molecule has 0 bridgehead atoms. The number of esters is 1. The number of hydrogen-bond acceptors (Lipinski definition) is 5. The van der Waals surface area contributed by atoms with E-state index in [-0.39, 0.29) is 19.1 Å². The van der Waals surface area contributed by atoms with Crippen LogP contribution in [0.15, 0.2) is 0 Å². The van der Waals surface area contributed by atoms with Crippen LogP contribution in [-0.2, 0) is 9.53 Å². The summed E-state index contributed by atoms with van der Waals surface area (Å²) in [6.45, 7) is 1.57. The number of benzene rings is 1. The topological polar surface area (TPSA) is 98.5 Å². The lowest BCUT2D eigenvalue weighted by atomic mass is 10.1. The summed E-state index contributed by atoms with van der Waals surface area (Å²) in [5.74, 6) is -0.766. The largest absolute Gasteiger partial charge is 0.464 e. The Morgan fingerprint density at radius 1 is 1.24 bits per heavy atom. The third-order valence-electron chi connectivity index (χ3n) is 2.42. The second-order valence-corrected chi connectivity index (χ2v) is 7.09. The number of carbonyl (C=O) groups excluding carboxylic acids is 3. The predicted octanol–water partition coefficient (Wildman–Crippen LogP) is 2.19. The number of anilines is 1. The van der Waals surface area contributed by atoms with Crippen molar-refractivity contribution in [3.8, 4) is 0 Å². The van der Waals surface area contributed by atoms with Crippen LogP contribution in [0.2, 0.25) is 0 Å². The molecule has 0 fully saturated rings. The molecule has 0 saturated carbocycles. The van der Waals surface area contributed by atoms with Crippen molar-refractivity contribution in [2.45, 2.75) is 6.92 Å². The Balaban J connectivity index is 3.02. The van der Waals surface area contributed by atoms with Gasteiger partial charge >= 0.3 is 5.97 Å². The molecule has 0 radical (unpaired) electrons. The molecule has 0 unspecified atom stereocenters. The highest BCUT2D eigenvalue weighted by atomic mass is 127. The van der Waals surface area contributed by atoms with E-state index in [0.717, 1.165) is 0 Å². The molecule has 0 aliphatic heterocycles. The van der Waals surface area contributed by atoms with Gasteiger partial charge in [0.1, 0.15) is 6.61 Å². The summed E-state index contributed by atoms with van der Waals surface area (Å²) in [5.41, 5.74) is 7.10. The highest BCUT2D eigenvalue weighted by molar-refractivity contribution is 14.1. The number of hydrogen-bond donors (Lipinski definition) is 2. The Kier molecular flexibility index (Phi) is 7.59. The zero-order valence-electron chi connectivity index (χ0n) is 10.8. The van der Waals surface area contributed by atoms with E-state index in [1.165, 1.54) is 6.92 Å². The molecule has 0 atom stereocenters. The fourth-order valence-corrected chi connectivity index (χ4v) is 5.36. The number of nitrogens with one attached hydrogen (secondary N) is 1. The van der Waals surface area contributed by atoms with Crippen LogP contribution in [0.5, 0.6) is 0 Å². The number of nitrogens with two attached hydrogens (primary N) is 1. The maximum atomic E-state index is 12.2. The van der Waals surface area contributed by atoms with Gasteiger partial charge in [0.25, 0.3) is 5.91 Å². The standard InChI is InChI=1S/C12H11I3N2O4/c1-5(19)21-3-2-17-12(20)7-8(13)6(4-18)9(14)11(16)10(7)15/h4H,2-3,16H2,1H3,(H,17,20). The van der Waals surface area contributed by atoms with Gasteiger partial charge in [-0.2, -0.15) is 0 Å². The van der Waals surface area contributed by atoms with Crippen molar-refractivity contribution in [1.29, 1.82) is 0 Å². The fraction of sp³-hybridized carbons (Fsp3) is 0.250. The van der Waals surface area contributed by atoms with Crippen LogP contribution in [0.3, 0.4) is 0 Å². The number of aldehydes is 1. The normalized spacial score (nSPS) is 10.1. The minimum Gasteiger partial charge on any atom is -0.464 e. The number of rotatable bonds is 5. The first-order chi connectivity index (χ1) is 9.81. The van der Waals surface area contributed by atoms with Gasteiger partial charge in [0.2, 0.25) is 0 Å². The Hall–Kier alpha value is -0.180. The summed E-state index contributed by atoms with van der Waals surface area (Å²) in [5, 5.41) is 2.63. The Morgan fingerprint density at radius 2 is 1.86 bits per heavy atom. The van der Waals surface area contributed by atoms with E-state index in [4.69, 9.17) is 10.5 Å². The number of halogens is 3. The lowest BCUT2D eigenvalue weighted by molar-refractivity contribution is -0.140. The monoisotopic (exact) mass is 628 g/mol. The zero-order valence-corrected chi connectivity index (χ0v) is 17.3. The Morgan fingerprint density at radius 3 is 2.38 bits per heavy atom. The number of ether oxygens (including phenoxy) is 1. The quantitative estimate of drug-likeness (QED) is 0.172. The third kappa shape index (κ3) is 4.64. The van der Waals surface area contributed by atoms with Gasteiger partial charge in [-0.15, -0.1) is 0 Å². The molecule has 1 aromatic rings. The van der Waals surface area contributed by atoms with E-state index in [1.54, 1.807) is 0 Å². The molecule has 1 amide bonds. The summed E-state index contributed by atoms with van der Waals surface area (Å²) in [7, 11) is 0. The van der Waals surface area contributed by atoms with Gasteiger partial charge in [0.05, 0.1) is 21.4 Å². The van der Waals surface area contributed by atoms with Crippen molar-refractivity contribution in [2.75, 3.05) is 18.9 Å². The van der Waals surface area contributed by atoms with Gasteiger partial charge in [0, 0.05) is 19.6 Å².